The quantitative estimate of drug-likeness (QED) is 0.934. The molecule has 1 heterocycles. The Hall–Kier alpha value is -2.02. The van der Waals surface area contributed by atoms with Crippen LogP contribution in [0.4, 0.5) is 13.2 Å². The maximum absolute atomic E-state index is 12.1. The fourth-order valence-electron chi connectivity index (χ4n) is 1.61. The van der Waals surface area contributed by atoms with Gasteiger partial charge in [-0.3, -0.25) is 0 Å². The summed E-state index contributed by atoms with van der Waals surface area (Å²) >= 11 is 0. The maximum Gasteiger partial charge on any atom is 0.573 e. The van der Waals surface area contributed by atoms with E-state index in [4.69, 9.17) is 5.11 Å². The van der Waals surface area contributed by atoms with E-state index in [0.717, 1.165) is 0 Å². The third kappa shape index (κ3) is 3.25. The fourth-order valence-corrected chi connectivity index (χ4v) is 1.61. The zero-order chi connectivity index (χ0) is 14.0. The molecule has 102 valence electrons. The van der Waals surface area contributed by atoms with Gasteiger partial charge in [0.05, 0.1) is 18.0 Å². The fraction of sp³-hybridized carbons (Fsp3) is 0.250. The minimum absolute atomic E-state index is 0.176. The third-order valence-corrected chi connectivity index (χ3v) is 2.49. The highest BCUT2D eigenvalue weighted by Crippen LogP contribution is 2.24. The van der Waals surface area contributed by atoms with E-state index in [2.05, 4.69) is 9.84 Å². The highest BCUT2D eigenvalue weighted by atomic mass is 19.4. The molecule has 0 atom stereocenters. The highest BCUT2D eigenvalue weighted by Gasteiger charge is 2.31. The lowest BCUT2D eigenvalue weighted by Gasteiger charge is -2.09. The summed E-state index contributed by atoms with van der Waals surface area (Å²) in [6.07, 6.45) is -3.17. The smallest absolute Gasteiger partial charge is 0.406 e. The van der Waals surface area contributed by atoms with E-state index in [1.807, 2.05) is 0 Å². The number of hydrogen-bond acceptors (Lipinski definition) is 3. The summed E-state index contributed by atoms with van der Waals surface area (Å²) in [6, 6.07) is 5.46. The molecule has 2 aromatic rings. The molecule has 0 radical (unpaired) electrons. The Morgan fingerprint density at radius 1 is 1.37 bits per heavy atom. The van der Waals surface area contributed by atoms with Crippen molar-refractivity contribution in [2.24, 2.45) is 0 Å². The molecule has 7 heteroatoms. The van der Waals surface area contributed by atoms with Gasteiger partial charge in [-0.2, -0.15) is 5.10 Å². The zero-order valence-electron chi connectivity index (χ0n) is 9.98. The molecule has 0 spiro atoms. The largest absolute Gasteiger partial charge is 0.573 e. The van der Waals surface area contributed by atoms with Gasteiger partial charge >= 0.3 is 6.36 Å². The van der Waals surface area contributed by atoms with E-state index in [1.165, 1.54) is 22.9 Å². The van der Waals surface area contributed by atoms with Gasteiger partial charge in [0.1, 0.15) is 5.75 Å². The molecule has 1 aromatic heterocycles. The number of alkyl halides is 3. The molecular formula is C12H11F3N2O2. The van der Waals surface area contributed by atoms with Crippen LogP contribution < -0.4 is 4.74 Å². The number of rotatable bonds is 3. The van der Waals surface area contributed by atoms with Crippen LogP contribution >= 0.6 is 0 Å². The second kappa shape index (κ2) is 4.93. The lowest BCUT2D eigenvalue weighted by atomic mass is 10.3. The molecule has 4 nitrogen and oxygen atoms in total. The predicted octanol–water partition coefficient (Wildman–Crippen LogP) is 2.57. The summed E-state index contributed by atoms with van der Waals surface area (Å²) in [5, 5.41) is 13.2. The summed E-state index contributed by atoms with van der Waals surface area (Å²) in [6.45, 7) is 1.53. The first-order chi connectivity index (χ1) is 8.89. The Labute approximate surface area is 107 Å². The molecular weight excluding hydrogens is 261 g/mol. The monoisotopic (exact) mass is 272 g/mol. The van der Waals surface area contributed by atoms with Crippen molar-refractivity contribution < 1.29 is 23.0 Å². The maximum atomic E-state index is 12.1. The van der Waals surface area contributed by atoms with Gasteiger partial charge in [-0.15, -0.1) is 13.2 Å². The van der Waals surface area contributed by atoms with E-state index >= 15 is 0 Å². The summed E-state index contributed by atoms with van der Waals surface area (Å²) in [7, 11) is 0. The summed E-state index contributed by atoms with van der Waals surface area (Å²) in [5.41, 5.74) is 1.65. The first-order valence-corrected chi connectivity index (χ1v) is 5.41. The lowest BCUT2D eigenvalue weighted by molar-refractivity contribution is -0.274. The van der Waals surface area contributed by atoms with Crippen molar-refractivity contribution in [2.45, 2.75) is 19.9 Å². The van der Waals surface area contributed by atoms with E-state index in [0.29, 0.717) is 16.9 Å². The topological polar surface area (TPSA) is 47.3 Å². The highest BCUT2D eigenvalue weighted by molar-refractivity contribution is 5.39. The van der Waals surface area contributed by atoms with Crippen LogP contribution in [0.15, 0.2) is 30.5 Å². The van der Waals surface area contributed by atoms with E-state index in [-0.39, 0.29) is 12.4 Å². The average Bonchev–Trinajstić information content (AvgIpc) is 2.69. The average molecular weight is 272 g/mol. The van der Waals surface area contributed by atoms with Gasteiger partial charge in [-0.05, 0) is 19.1 Å². The number of halogens is 3. The molecule has 1 aromatic carbocycles. The minimum atomic E-state index is -4.73. The Kier molecular flexibility index (Phi) is 3.48. The first kappa shape index (κ1) is 13.4. The second-order valence-electron chi connectivity index (χ2n) is 3.89. The molecule has 0 unspecified atom stereocenters. The van der Waals surface area contributed by atoms with Crippen LogP contribution in [0.2, 0.25) is 0 Å². The Balaban J connectivity index is 2.32. The molecule has 19 heavy (non-hydrogen) atoms. The van der Waals surface area contributed by atoms with E-state index in [9.17, 15) is 13.2 Å². The first-order valence-electron chi connectivity index (χ1n) is 5.41. The molecule has 0 fully saturated rings. The summed E-state index contributed by atoms with van der Waals surface area (Å²) in [5.74, 6) is -0.316. The molecule has 0 saturated carbocycles. The third-order valence-electron chi connectivity index (χ3n) is 2.49. The number of ether oxygens (including phenoxy) is 1. The van der Waals surface area contributed by atoms with Gasteiger partial charge in [-0.1, -0.05) is 6.07 Å². The van der Waals surface area contributed by atoms with Crippen molar-refractivity contribution in [3.63, 3.8) is 0 Å². The molecule has 0 aliphatic carbocycles. The van der Waals surface area contributed by atoms with Crippen molar-refractivity contribution in [1.82, 2.24) is 9.78 Å². The molecule has 0 aliphatic rings. The molecule has 0 bridgehead atoms. The van der Waals surface area contributed by atoms with Crippen LogP contribution in [0, 0.1) is 6.92 Å². The van der Waals surface area contributed by atoms with Crippen LogP contribution in [0.25, 0.3) is 5.69 Å². The number of hydrogen-bond donors (Lipinski definition) is 1. The van der Waals surface area contributed by atoms with Crippen LogP contribution in [0.3, 0.4) is 0 Å². The number of aliphatic hydroxyl groups excluding tert-OH is 1. The summed E-state index contributed by atoms with van der Waals surface area (Å²) < 4.78 is 41.6. The number of aliphatic hydroxyl groups is 1. The molecule has 1 N–H and O–H groups in total. The van der Waals surface area contributed by atoms with Gasteiger partial charge < -0.3 is 9.84 Å². The molecule has 0 aliphatic heterocycles. The summed E-state index contributed by atoms with van der Waals surface area (Å²) in [4.78, 5) is 0. The van der Waals surface area contributed by atoms with Crippen LogP contribution in [-0.4, -0.2) is 21.2 Å². The number of nitrogens with zero attached hydrogens (tertiary/aromatic N) is 2. The Morgan fingerprint density at radius 2 is 2.11 bits per heavy atom. The van der Waals surface area contributed by atoms with Crippen molar-refractivity contribution in [3.8, 4) is 11.4 Å². The number of aryl methyl sites for hydroxylation is 1. The van der Waals surface area contributed by atoms with Crippen LogP contribution in [0.5, 0.6) is 5.75 Å². The lowest BCUT2D eigenvalue weighted by Crippen LogP contribution is -2.17. The number of aromatic nitrogens is 2. The van der Waals surface area contributed by atoms with Crippen molar-refractivity contribution in [3.05, 3.63) is 41.7 Å². The van der Waals surface area contributed by atoms with Gasteiger partial charge in [0, 0.05) is 17.8 Å². The SMILES string of the molecule is Cc1nn(-c2cccc(OC(F)(F)F)c2)cc1CO. The second-order valence-corrected chi connectivity index (χ2v) is 3.89. The zero-order valence-corrected chi connectivity index (χ0v) is 9.98. The Bertz CT molecular complexity index is 579. The molecule has 2 rings (SSSR count). The molecule has 0 saturated heterocycles. The van der Waals surface area contributed by atoms with Crippen molar-refractivity contribution >= 4 is 0 Å². The number of benzene rings is 1. The molecule has 0 amide bonds. The predicted molar refractivity (Wildman–Crippen MR) is 60.9 cm³/mol. The van der Waals surface area contributed by atoms with Crippen molar-refractivity contribution in [1.29, 1.82) is 0 Å². The van der Waals surface area contributed by atoms with Gasteiger partial charge in [-0.25, -0.2) is 4.68 Å². The Morgan fingerprint density at radius 3 is 2.68 bits per heavy atom. The van der Waals surface area contributed by atoms with Crippen LogP contribution in [0.1, 0.15) is 11.3 Å². The van der Waals surface area contributed by atoms with Crippen molar-refractivity contribution in [2.75, 3.05) is 0 Å². The standard InChI is InChI=1S/C12H11F3N2O2/c1-8-9(7-18)6-17(16-8)10-3-2-4-11(5-10)19-12(13,14)15/h2-6,18H,7H2,1H3. The van der Waals surface area contributed by atoms with Gasteiger partial charge in [0.15, 0.2) is 0 Å². The van der Waals surface area contributed by atoms with E-state index in [1.54, 1.807) is 19.2 Å². The van der Waals surface area contributed by atoms with E-state index < -0.39 is 6.36 Å². The van der Waals surface area contributed by atoms with Crippen LogP contribution in [-0.2, 0) is 6.61 Å². The normalized spacial score (nSPS) is 11.6. The van der Waals surface area contributed by atoms with Gasteiger partial charge in [0.25, 0.3) is 0 Å². The van der Waals surface area contributed by atoms with Gasteiger partial charge in [0.2, 0.25) is 0 Å². The minimum Gasteiger partial charge on any atom is -0.406 e.